The molecule has 4 heteroatoms. The van der Waals surface area contributed by atoms with Crippen LogP contribution in [0.5, 0.6) is 0 Å². The highest BCUT2D eigenvalue weighted by atomic mass is 16.3. The van der Waals surface area contributed by atoms with E-state index in [4.69, 9.17) is 14.4 Å². The molecule has 11 rings (SSSR count). The van der Waals surface area contributed by atoms with E-state index in [0.29, 0.717) is 0 Å². The summed E-state index contributed by atoms with van der Waals surface area (Å²) in [6.07, 6.45) is 1.84. The first-order valence-electron chi connectivity index (χ1n) is 16.9. The fourth-order valence-corrected chi connectivity index (χ4v) is 7.97. The summed E-state index contributed by atoms with van der Waals surface area (Å²) < 4.78 is 9.04. The Morgan fingerprint density at radius 1 is 0.480 bits per heavy atom. The van der Waals surface area contributed by atoms with Gasteiger partial charge in [0.1, 0.15) is 11.2 Å². The highest BCUT2D eigenvalue weighted by Crippen LogP contribution is 2.43. The second-order valence-electron chi connectivity index (χ2n) is 13.0. The Hall–Kier alpha value is -6.78. The summed E-state index contributed by atoms with van der Waals surface area (Å²) in [4.78, 5) is 9.92. The first-order valence-corrected chi connectivity index (χ1v) is 16.9. The smallest absolute Gasteiger partial charge is 0.143 e. The molecule has 0 N–H and O–H groups in total. The highest BCUT2D eigenvalue weighted by Gasteiger charge is 2.19. The normalized spacial score (nSPS) is 12.0. The lowest BCUT2D eigenvalue weighted by atomic mass is 9.94. The zero-order valence-corrected chi connectivity index (χ0v) is 26.8. The van der Waals surface area contributed by atoms with E-state index in [1.165, 1.54) is 27.4 Å². The van der Waals surface area contributed by atoms with Crippen LogP contribution in [0, 0.1) is 0 Å². The topological polar surface area (TPSA) is 43.9 Å². The molecule has 0 saturated carbocycles. The summed E-state index contributed by atoms with van der Waals surface area (Å²) in [7, 11) is 0. The van der Waals surface area contributed by atoms with Crippen LogP contribution in [0.15, 0.2) is 168 Å². The lowest BCUT2D eigenvalue weighted by Gasteiger charge is -2.12. The SMILES string of the molecule is c1cnc2c(c1)ccc1ccc(-c3cccc4oc5c6ccccc6c(-c6ccc(-n7c8ccccc8c8ccccc87)cc6)cc5c34)nc12. The van der Waals surface area contributed by atoms with Crippen molar-refractivity contribution in [2.45, 2.75) is 0 Å². The van der Waals surface area contributed by atoms with Crippen LogP contribution in [-0.2, 0) is 0 Å². The molecule has 0 aliphatic carbocycles. The minimum absolute atomic E-state index is 0.847. The van der Waals surface area contributed by atoms with Crippen molar-refractivity contribution < 1.29 is 4.42 Å². The number of hydrogen-bond acceptors (Lipinski definition) is 3. The average Bonchev–Trinajstić information content (AvgIpc) is 3.74. The summed E-state index contributed by atoms with van der Waals surface area (Å²) in [5.74, 6) is 0. The monoisotopic (exact) mass is 637 g/mol. The third-order valence-electron chi connectivity index (χ3n) is 10.2. The maximum atomic E-state index is 6.68. The van der Waals surface area contributed by atoms with Gasteiger partial charge in [-0.25, -0.2) is 4.98 Å². The second-order valence-corrected chi connectivity index (χ2v) is 13.0. The second kappa shape index (κ2) is 10.4. The molecule has 0 radical (unpaired) electrons. The number of aromatic nitrogens is 3. The number of benzene rings is 7. The van der Waals surface area contributed by atoms with E-state index in [1.54, 1.807) is 0 Å². The number of rotatable bonds is 3. The highest BCUT2D eigenvalue weighted by molar-refractivity contribution is 6.22. The van der Waals surface area contributed by atoms with Crippen LogP contribution in [0.4, 0.5) is 0 Å². The van der Waals surface area contributed by atoms with E-state index >= 15 is 0 Å². The van der Waals surface area contributed by atoms with E-state index in [-0.39, 0.29) is 0 Å². The van der Waals surface area contributed by atoms with Crippen molar-refractivity contribution in [2.24, 2.45) is 0 Å². The van der Waals surface area contributed by atoms with E-state index in [2.05, 4.69) is 156 Å². The Morgan fingerprint density at radius 2 is 1.16 bits per heavy atom. The Kier molecular flexibility index (Phi) is 5.63. The molecule has 50 heavy (non-hydrogen) atoms. The van der Waals surface area contributed by atoms with Crippen LogP contribution in [0.25, 0.3) is 104 Å². The molecule has 0 spiro atoms. The molecule has 0 aliphatic rings. The molecule has 0 unspecified atom stereocenters. The van der Waals surface area contributed by atoms with Crippen LogP contribution in [-0.4, -0.2) is 14.5 Å². The zero-order chi connectivity index (χ0) is 32.8. The minimum atomic E-state index is 0.847. The number of furan rings is 1. The molecular formula is C46H27N3O. The van der Waals surface area contributed by atoms with Crippen molar-refractivity contribution in [3.8, 4) is 28.1 Å². The molecular weight excluding hydrogens is 611 g/mol. The van der Waals surface area contributed by atoms with Crippen LogP contribution >= 0.6 is 0 Å². The maximum Gasteiger partial charge on any atom is 0.143 e. The van der Waals surface area contributed by atoms with Crippen molar-refractivity contribution in [1.29, 1.82) is 0 Å². The molecule has 7 aromatic carbocycles. The van der Waals surface area contributed by atoms with E-state index in [0.717, 1.165) is 77.0 Å². The Balaban J connectivity index is 1.13. The quantitative estimate of drug-likeness (QED) is 0.181. The Bertz CT molecular complexity index is 3100. The summed E-state index contributed by atoms with van der Waals surface area (Å²) in [6.45, 7) is 0. The van der Waals surface area contributed by atoms with Gasteiger partial charge in [-0.3, -0.25) is 4.98 Å². The predicted octanol–water partition coefficient (Wildman–Crippen LogP) is 12.3. The van der Waals surface area contributed by atoms with Gasteiger partial charge in [-0.1, -0.05) is 109 Å². The van der Waals surface area contributed by atoms with Crippen LogP contribution < -0.4 is 0 Å². The molecule has 4 aromatic heterocycles. The summed E-state index contributed by atoms with van der Waals surface area (Å²) in [5, 5.41) is 9.07. The molecule has 0 fully saturated rings. The number of pyridine rings is 2. The van der Waals surface area contributed by atoms with Gasteiger partial charge in [0.05, 0.1) is 27.8 Å². The lowest BCUT2D eigenvalue weighted by molar-refractivity contribution is 0.673. The average molecular weight is 638 g/mol. The van der Waals surface area contributed by atoms with Gasteiger partial charge in [0.2, 0.25) is 0 Å². The molecule has 11 aromatic rings. The molecule has 0 bridgehead atoms. The van der Waals surface area contributed by atoms with Gasteiger partial charge in [0.15, 0.2) is 0 Å². The first kappa shape index (κ1) is 27.2. The number of para-hydroxylation sites is 2. The molecule has 0 aliphatic heterocycles. The molecule has 0 atom stereocenters. The summed E-state index contributed by atoms with van der Waals surface area (Å²) >= 11 is 0. The third kappa shape index (κ3) is 3.87. The standard InChI is InChI=1S/C46H27N3O/c1-2-13-35-32(10-1)37(28-20-23-31(24-21-28)49-40-15-5-3-11-33(40)34-12-4-6-16-41(34)49)27-38-43-36(14-7-17-42(43)50-46(35)38)39-25-22-30-19-18-29-9-8-26-47-44(29)45(30)48-39/h1-27H. The fourth-order valence-electron chi connectivity index (χ4n) is 7.97. The van der Waals surface area contributed by atoms with Gasteiger partial charge in [-0.05, 0) is 65.0 Å². The number of fused-ring (bicyclic) bond motifs is 11. The van der Waals surface area contributed by atoms with Crippen LogP contribution in [0.2, 0.25) is 0 Å². The van der Waals surface area contributed by atoms with Gasteiger partial charge in [0, 0.05) is 55.2 Å². The van der Waals surface area contributed by atoms with E-state index in [9.17, 15) is 0 Å². The van der Waals surface area contributed by atoms with Gasteiger partial charge in [-0.15, -0.1) is 0 Å². The molecule has 4 nitrogen and oxygen atoms in total. The van der Waals surface area contributed by atoms with E-state index in [1.807, 2.05) is 12.3 Å². The van der Waals surface area contributed by atoms with Crippen molar-refractivity contribution in [3.05, 3.63) is 164 Å². The van der Waals surface area contributed by atoms with Crippen LogP contribution in [0.1, 0.15) is 0 Å². The van der Waals surface area contributed by atoms with Gasteiger partial charge in [-0.2, -0.15) is 0 Å². The number of hydrogen-bond donors (Lipinski definition) is 0. The largest absolute Gasteiger partial charge is 0.455 e. The van der Waals surface area contributed by atoms with E-state index < -0.39 is 0 Å². The van der Waals surface area contributed by atoms with Gasteiger partial charge >= 0.3 is 0 Å². The van der Waals surface area contributed by atoms with Crippen molar-refractivity contribution in [2.75, 3.05) is 0 Å². The van der Waals surface area contributed by atoms with Crippen molar-refractivity contribution >= 4 is 76.3 Å². The summed E-state index contributed by atoms with van der Waals surface area (Å²) in [6, 6.07) is 55.9. The van der Waals surface area contributed by atoms with Gasteiger partial charge < -0.3 is 8.98 Å². The molecule has 232 valence electrons. The molecule has 0 amide bonds. The summed E-state index contributed by atoms with van der Waals surface area (Å²) in [5.41, 5.74) is 11.4. The number of nitrogens with zero attached hydrogens (tertiary/aromatic N) is 3. The zero-order valence-electron chi connectivity index (χ0n) is 26.8. The predicted molar refractivity (Wildman–Crippen MR) is 207 cm³/mol. The van der Waals surface area contributed by atoms with Crippen molar-refractivity contribution in [1.82, 2.24) is 14.5 Å². The molecule has 4 heterocycles. The maximum absolute atomic E-state index is 6.68. The minimum Gasteiger partial charge on any atom is -0.455 e. The third-order valence-corrected chi connectivity index (χ3v) is 10.2. The first-order chi connectivity index (χ1) is 24.8. The Morgan fingerprint density at radius 3 is 1.94 bits per heavy atom. The van der Waals surface area contributed by atoms with Gasteiger partial charge in [0.25, 0.3) is 0 Å². The fraction of sp³-hybridized carbons (Fsp3) is 0. The Labute approximate surface area is 286 Å². The van der Waals surface area contributed by atoms with Crippen molar-refractivity contribution in [3.63, 3.8) is 0 Å². The molecule has 0 saturated heterocycles. The lowest BCUT2D eigenvalue weighted by Crippen LogP contribution is -1.93. The van der Waals surface area contributed by atoms with Crippen LogP contribution in [0.3, 0.4) is 0 Å².